The molecule has 18 heavy (non-hydrogen) atoms. The van der Waals surface area contributed by atoms with E-state index in [0.717, 1.165) is 17.0 Å². The van der Waals surface area contributed by atoms with E-state index in [1.807, 2.05) is 24.3 Å². The van der Waals surface area contributed by atoms with E-state index in [9.17, 15) is 4.79 Å². The van der Waals surface area contributed by atoms with E-state index in [1.165, 1.54) is 6.39 Å². The molecule has 0 fully saturated rings. The van der Waals surface area contributed by atoms with Crippen molar-refractivity contribution in [1.82, 2.24) is 10.3 Å². The number of amides is 1. The summed E-state index contributed by atoms with van der Waals surface area (Å²) in [6, 6.07) is 7.74. The van der Waals surface area contributed by atoms with Crippen LogP contribution in [0.15, 0.2) is 41.3 Å². The zero-order valence-electron chi connectivity index (χ0n) is 10.1. The lowest BCUT2D eigenvalue weighted by atomic mass is 10.1. The Kier molecular flexibility index (Phi) is 3.96. The molecule has 1 aromatic carbocycles. The van der Waals surface area contributed by atoms with Gasteiger partial charge in [0.1, 0.15) is 5.76 Å². The first-order valence-corrected chi connectivity index (χ1v) is 5.68. The molecule has 94 valence electrons. The maximum Gasteiger partial charge on any atom is 0.224 e. The van der Waals surface area contributed by atoms with Gasteiger partial charge in [0.25, 0.3) is 0 Å². The second kappa shape index (κ2) is 5.86. The van der Waals surface area contributed by atoms with Crippen molar-refractivity contribution in [2.45, 2.75) is 13.0 Å². The lowest BCUT2D eigenvalue weighted by Gasteiger charge is -2.05. The molecule has 1 amide bonds. The van der Waals surface area contributed by atoms with Gasteiger partial charge < -0.3 is 15.1 Å². The van der Waals surface area contributed by atoms with Gasteiger partial charge in [-0.2, -0.15) is 0 Å². The molecule has 0 aliphatic heterocycles. The highest BCUT2D eigenvalue weighted by atomic mass is 16.3. The predicted octanol–water partition coefficient (Wildman–Crippen LogP) is 1.58. The summed E-state index contributed by atoms with van der Waals surface area (Å²) in [6.45, 7) is 0.592. The van der Waals surface area contributed by atoms with E-state index in [0.29, 0.717) is 13.0 Å². The quantitative estimate of drug-likeness (QED) is 0.839. The van der Waals surface area contributed by atoms with Gasteiger partial charge in [-0.25, -0.2) is 4.98 Å². The number of carbonyl (C=O) groups is 1. The minimum Gasteiger partial charge on any atom is -0.447 e. The molecular weight excluding hydrogens is 230 g/mol. The summed E-state index contributed by atoms with van der Waals surface area (Å²) in [4.78, 5) is 15.0. The van der Waals surface area contributed by atoms with Gasteiger partial charge in [0.15, 0.2) is 6.39 Å². The van der Waals surface area contributed by atoms with Crippen molar-refractivity contribution in [1.29, 1.82) is 0 Å². The fourth-order valence-electron chi connectivity index (χ4n) is 1.53. The van der Waals surface area contributed by atoms with Crippen LogP contribution in [-0.4, -0.2) is 17.9 Å². The van der Waals surface area contributed by atoms with Gasteiger partial charge in [0.2, 0.25) is 5.91 Å². The average Bonchev–Trinajstić information content (AvgIpc) is 2.91. The molecule has 0 aliphatic carbocycles. The molecule has 0 spiro atoms. The Morgan fingerprint density at radius 2 is 2.11 bits per heavy atom. The van der Waals surface area contributed by atoms with Gasteiger partial charge in [0.05, 0.1) is 19.2 Å². The number of carbonyl (C=O) groups excluding carboxylic acids is 1. The zero-order chi connectivity index (χ0) is 12.8. The number of nitrogens with one attached hydrogen (secondary N) is 2. The lowest BCUT2D eigenvalue weighted by Crippen LogP contribution is -2.19. The van der Waals surface area contributed by atoms with Crippen molar-refractivity contribution in [3.05, 3.63) is 48.2 Å². The van der Waals surface area contributed by atoms with Crippen molar-refractivity contribution in [2.75, 3.05) is 12.4 Å². The van der Waals surface area contributed by atoms with Crippen LogP contribution in [0, 0.1) is 0 Å². The number of benzene rings is 1. The summed E-state index contributed by atoms with van der Waals surface area (Å²) in [5.74, 6) is 0.793. The van der Waals surface area contributed by atoms with Gasteiger partial charge in [0, 0.05) is 12.7 Å². The van der Waals surface area contributed by atoms with Gasteiger partial charge in [-0.15, -0.1) is 0 Å². The molecule has 0 unspecified atom stereocenters. The molecule has 0 radical (unpaired) electrons. The molecule has 0 saturated carbocycles. The average molecular weight is 245 g/mol. The first-order chi connectivity index (χ1) is 8.78. The topological polar surface area (TPSA) is 67.2 Å². The number of likely N-dealkylation sites (N-methyl/N-ethyl adjacent to an activating group) is 1. The van der Waals surface area contributed by atoms with E-state index >= 15 is 0 Å². The summed E-state index contributed by atoms with van der Waals surface area (Å²) in [5.41, 5.74) is 1.96. The Bertz CT molecular complexity index is 491. The maximum absolute atomic E-state index is 11.2. The van der Waals surface area contributed by atoms with Crippen LogP contribution in [0.2, 0.25) is 0 Å². The molecule has 2 rings (SSSR count). The Morgan fingerprint density at radius 3 is 2.72 bits per heavy atom. The number of hydrogen-bond donors (Lipinski definition) is 2. The van der Waals surface area contributed by atoms with Crippen LogP contribution in [0.25, 0.3) is 0 Å². The van der Waals surface area contributed by atoms with E-state index in [4.69, 9.17) is 4.42 Å². The van der Waals surface area contributed by atoms with E-state index in [-0.39, 0.29) is 5.91 Å². The molecule has 2 N–H and O–H groups in total. The lowest BCUT2D eigenvalue weighted by molar-refractivity contribution is -0.119. The van der Waals surface area contributed by atoms with Gasteiger partial charge >= 0.3 is 0 Å². The molecule has 5 nitrogen and oxygen atoms in total. The smallest absolute Gasteiger partial charge is 0.224 e. The highest BCUT2D eigenvalue weighted by Crippen LogP contribution is 2.11. The molecule has 1 heterocycles. The van der Waals surface area contributed by atoms with Crippen molar-refractivity contribution >= 4 is 11.6 Å². The highest BCUT2D eigenvalue weighted by Gasteiger charge is 2.01. The third-order valence-corrected chi connectivity index (χ3v) is 2.55. The predicted molar refractivity (Wildman–Crippen MR) is 68.0 cm³/mol. The SMILES string of the molecule is CNC(=O)Cc1ccc(NCc2cnco2)cc1. The van der Waals surface area contributed by atoms with E-state index in [2.05, 4.69) is 15.6 Å². The second-order valence-electron chi connectivity index (χ2n) is 3.87. The third kappa shape index (κ3) is 3.35. The van der Waals surface area contributed by atoms with Crippen LogP contribution in [-0.2, 0) is 17.8 Å². The Labute approximate surface area is 105 Å². The van der Waals surface area contributed by atoms with E-state index < -0.39 is 0 Å². The number of rotatable bonds is 5. The fraction of sp³-hybridized carbons (Fsp3) is 0.231. The van der Waals surface area contributed by atoms with E-state index in [1.54, 1.807) is 13.2 Å². The summed E-state index contributed by atoms with van der Waals surface area (Å²) in [5, 5.41) is 5.81. The van der Waals surface area contributed by atoms with Crippen LogP contribution in [0.1, 0.15) is 11.3 Å². The molecule has 0 bridgehead atoms. The molecular formula is C13H15N3O2. The Hall–Kier alpha value is -2.30. The molecule has 2 aromatic rings. The monoisotopic (exact) mass is 245 g/mol. The second-order valence-corrected chi connectivity index (χ2v) is 3.87. The van der Waals surface area contributed by atoms with Crippen molar-refractivity contribution in [3.63, 3.8) is 0 Å². The number of hydrogen-bond acceptors (Lipinski definition) is 4. The summed E-state index contributed by atoms with van der Waals surface area (Å²) >= 11 is 0. The molecule has 0 aliphatic rings. The van der Waals surface area contributed by atoms with Crippen molar-refractivity contribution < 1.29 is 9.21 Å². The summed E-state index contributed by atoms with van der Waals surface area (Å²) in [7, 11) is 1.63. The van der Waals surface area contributed by atoms with Gasteiger partial charge in [-0.1, -0.05) is 12.1 Å². The third-order valence-electron chi connectivity index (χ3n) is 2.55. The van der Waals surface area contributed by atoms with Crippen LogP contribution in [0.4, 0.5) is 5.69 Å². The standard InChI is InChI=1S/C13H15N3O2/c1-14-13(17)6-10-2-4-11(5-3-10)16-8-12-7-15-9-18-12/h2-5,7,9,16H,6,8H2,1H3,(H,14,17). The van der Waals surface area contributed by atoms with Crippen LogP contribution in [0.3, 0.4) is 0 Å². The molecule has 1 aromatic heterocycles. The molecule has 5 heteroatoms. The summed E-state index contributed by atoms with van der Waals surface area (Å²) < 4.78 is 5.12. The minimum absolute atomic E-state index is 0.0115. The fourth-order valence-corrected chi connectivity index (χ4v) is 1.53. The molecule has 0 atom stereocenters. The van der Waals surface area contributed by atoms with Crippen LogP contribution < -0.4 is 10.6 Å². The number of anilines is 1. The highest BCUT2D eigenvalue weighted by molar-refractivity contribution is 5.78. The molecule has 0 saturated heterocycles. The Balaban J connectivity index is 1.89. The first-order valence-electron chi connectivity index (χ1n) is 5.68. The van der Waals surface area contributed by atoms with Crippen molar-refractivity contribution in [3.8, 4) is 0 Å². The normalized spacial score (nSPS) is 10.1. The Morgan fingerprint density at radius 1 is 1.33 bits per heavy atom. The zero-order valence-corrected chi connectivity index (χ0v) is 10.1. The van der Waals surface area contributed by atoms with Crippen LogP contribution >= 0.6 is 0 Å². The number of nitrogens with zero attached hydrogens (tertiary/aromatic N) is 1. The largest absolute Gasteiger partial charge is 0.447 e. The minimum atomic E-state index is 0.0115. The van der Waals surface area contributed by atoms with Crippen molar-refractivity contribution in [2.24, 2.45) is 0 Å². The van der Waals surface area contributed by atoms with Crippen LogP contribution in [0.5, 0.6) is 0 Å². The summed E-state index contributed by atoms with van der Waals surface area (Å²) in [6.07, 6.45) is 3.48. The maximum atomic E-state index is 11.2. The first kappa shape index (κ1) is 12.2. The van der Waals surface area contributed by atoms with Gasteiger partial charge in [-0.05, 0) is 17.7 Å². The van der Waals surface area contributed by atoms with Gasteiger partial charge in [-0.3, -0.25) is 4.79 Å². The number of oxazole rings is 1. The number of aromatic nitrogens is 1.